The van der Waals surface area contributed by atoms with Crippen molar-refractivity contribution >= 4 is 45.8 Å². The molecule has 0 radical (unpaired) electrons. The van der Waals surface area contributed by atoms with Gasteiger partial charge in [0.05, 0.1) is 78.4 Å². The number of halogens is 1. The van der Waals surface area contributed by atoms with E-state index in [4.69, 9.17) is 47.7 Å². The first kappa shape index (κ1) is 82.2. The number of rotatable bonds is 27. The highest BCUT2D eigenvalue weighted by atomic mass is 79.9. The van der Waals surface area contributed by atoms with E-state index in [0.29, 0.717) is 62.6 Å². The topological polar surface area (TPSA) is 257 Å². The van der Waals surface area contributed by atoms with Gasteiger partial charge in [0.2, 0.25) is 0 Å². The van der Waals surface area contributed by atoms with Crippen LogP contribution in [0, 0.1) is 16.2 Å². The van der Waals surface area contributed by atoms with E-state index in [-0.39, 0.29) is 108 Å². The minimum Gasteiger partial charge on any atom is -0.508 e. The Balaban J connectivity index is 0.000000297. The molecule has 9 rings (SSSR count). The number of carbonyl (C=O) groups excluding carboxylic acids is 5. The van der Waals surface area contributed by atoms with E-state index in [1.54, 1.807) is 24.3 Å². The van der Waals surface area contributed by atoms with E-state index < -0.39 is 11.9 Å². The van der Waals surface area contributed by atoms with Crippen LogP contribution < -0.4 is 18.9 Å². The van der Waals surface area contributed by atoms with Gasteiger partial charge in [-0.05, 0) is 125 Å². The van der Waals surface area contributed by atoms with Crippen molar-refractivity contribution in [2.45, 2.75) is 105 Å². The van der Waals surface area contributed by atoms with Crippen LogP contribution in [0.5, 0.6) is 34.5 Å². The number of phenols is 2. The molecule has 0 amide bonds. The van der Waals surface area contributed by atoms with Gasteiger partial charge in [-0.3, -0.25) is 4.79 Å². The monoisotopic (exact) mass is 1420 g/mol. The summed E-state index contributed by atoms with van der Waals surface area (Å²) in [7, 11) is 4.00. The van der Waals surface area contributed by atoms with Gasteiger partial charge in [-0.2, -0.15) is 0 Å². The fourth-order valence-corrected chi connectivity index (χ4v) is 10.0. The molecule has 3 saturated heterocycles. The summed E-state index contributed by atoms with van der Waals surface area (Å²) in [5.41, 5.74) is 6.00. The third-order valence-electron chi connectivity index (χ3n) is 17.8. The summed E-state index contributed by atoms with van der Waals surface area (Å²) in [6.07, 6.45) is 2.86. The van der Waals surface area contributed by atoms with Gasteiger partial charge >= 0.3 is 29.8 Å². The fraction of sp³-hybridized carbons (Fsp3) is 0.468. The third kappa shape index (κ3) is 24.6. The molecule has 3 aliphatic rings. The number of alkyl halides is 1. The van der Waals surface area contributed by atoms with Crippen molar-refractivity contribution in [2.75, 3.05) is 113 Å². The van der Waals surface area contributed by atoms with Crippen LogP contribution in [0.2, 0.25) is 0 Å². The quantitative estimate of drug-likeness (QED) is 0.0246. The highest BCUT2D eigenvalue weighted by molar-refractivity contribution is 9.09. The highest BCUT2D eigenvalue weighted by Crippen LogP contribution is 2.38. The maximum Gasteiger partial charge on any atom is 0.344 e. The average Bonchev–Trinajstić information content (AvgIpc) is 0.843. The number of hydrogen-bond donors (Lipinski definition) is 3. The van der Waals surface area contributed by atoms with Gasteiger partial charge in [0, 0.05) is 21.7 Å². The Bertz CT molecular complexity index is 3120. The highest BCUT2D eigenvalue weighted by Gasteiger charge is 2.40. The van der Waals surface area contributed by atoms with Gasteiger partial charge in [-0.15, -0.1) is 0 Å². The van der Waals surface area contributed by atoms with Crippen LogP contribution >= 0.6 is 15.9 Å². The molecule has 536 valence electrons. The Kier molecular flexibility index (Phi) is 33.1. The first-order valence-electron chi connectivity index (χ1n) is 32.1. The minimum atomic E-state index is -0.422. The first-order chi connectivity index (χ1) is 46.2. The van der Waals surface area contributed by atoms with E-state index >= 15 is 0 Å². The SMILES string of the molecule is C.CC(C)(c1ccc(O)cc1)c1ccc(O)cc1.CCC1(CO)COC1.CCC1(COC(=O)COc2ccc(C(C)(C)c3ccc(OCC(=O)OCC4(CC)COC4)cc3)cc2)COC1.COC(=O)CBr.COC(=O)COc1ccc(C(C)(C)c2ccc(OCC(=O)OC)cc2)cc1. The molecular formula is C77H101BrO20. The summed E-state index contributed by atoms with van der Waals surface area (Å²) in [4.78, 5) is 56.4. The molecule has 0 bridgehead atoms. The van der Waals surface area contributed by atoms with Gasteiger partial charge in [-0.25, -0.2) is 19.2 Å². The van der Waals surface area contributed by atoms with Crippen LogP contribution in [0.1, 0.15) is 122 Å². The summed E-state index contributed by atoms with van der Waals surface area (Å²) in [5.74, 6) is 1.12. The van der Waals surface area contributed by atoms with Crippen molar-refractivity contribution in [3.63, 3.8) is 0 Å². The number of aromatic hydroxyl groups is 2. The van der Waals surface area contributed by atoms with Gasteiger partial charge in [0.15, 0.2) is 26.4 Å². The zero-order valence-corrected chi connectivity index (χ0v) is 59.6. The number of aliphatic hydroxyl groups is 1. The second-order valence-corrected chi connectivity index (χ2v) is 26.2. The summed E-state index contributed by atoms with van der Waals surface area (Å²) >= 11 is 2.90. The fourth-order valence-electron chi connectivity index (χ4n) is 9.78. The number of phenolic OH excluding ortho intramolecular Hbond substituents is 2. The Hall–Kier alpha value is -8.21. The van der Waals surface area contributed by atoms with Gasteiger partial charge in [0.1, 0.15) is 53.0 Å². The zero-order valence-electron chi connectivity index (χ0n) is 58.0. The Labute approximate surface area is 586 Å². The minimum absolute atomic E-state index is 0. The Morgan fingerprint density at radius 3 is 0.776 bits per heavy atom. The molecule has 3 aliphatic heterocycles. The summed E-state index contributed by atoms with van der Waals surface area (Å²) in [6.45, 7) is 23.5. The van der Waals surface area contributed by atoms with E-state index in [1.165, 1.54) is 21.3 Å². The lowest BCUT2D eigenvalue weighted by Gasteiger charge is -2.39. The van der Waals surface area contributed by atoms with Crippen molar-refractivity contribution in [1.82, 2.24) is 0 Å². The maximum absolute atomic E-state index is 12.1. The Morgan fingerprint density at radius 2 is 0.612 bits per heavy atom. The first-order valence-corrected chi connectivity index (χ1v) is 33.3. The van der Waals surface area contributed by atoms with Gasteiger partial charge < -0.3 is 72.2 Å². The molecule has 0 spiro atoms. The maximum atomic E-state index is 12.1. The standard InChI is InChI=1S/C31H40O8.C21H24O6.C15H16O2.C6H12O2.C3H5BrO2.CH4/c1-5-30(17-34-18-30)21-38-27(32)15-36-25-11-7-23(8-12-25)29(3,4)24-9-13-26(14-10-24)37-16-28(33)39-22-31(6-2)19-35-20-31;1-21(2,15-5-9-17(10-6-15)26-13-19(22)24-3)16-7-11-18(12-8-16)27-14-20(23)25-4;1-15(2,11-3-7-13(16)8-4-11)12-5-9-14(17)10-6-12;1-2-6(3-7)4-8-5-6;1-6-3(5)2-4;/h7-14H,5-6,15-22H2,1-4H3;5-12H,13-14H2,1-4H3;3-10,16-17H,1-2H3;7H,2-5H2,1H3;2H2,1H3;1H4. The molecule has 3 heterocycles. The molecule has 6 aromatic rings. The smallest absolute Gasteiger partial charge is 0.344 e. The molecule has 0 atom stereocenters. The zero-order chi connectivity index (χ0) is 71.3. The third-order valence-corrected chi connectivity index (χ3v) is 18.3. The molecular weight excluding hydrogens is 1320 g/mol. The van der Waals surface area contributed by atoms with E-state index in [1.807, 2.05) is 121 Å². The molecule has 0 aromatic heterocycles. The number of hydrogen-bond acceptors (Lipinski definition) is 20. The van der Waals surface area contributed by atoms with Crippen molar-refractivity contribution in [2.24, 2.45) is 16.2 Å². The van der Waals surface area contributed by atoms with Crippen LogP contribution in [-0.2, 0) is 78.1 Å². The second kappa shape index (κ2) is 39.4. The van der Waals surface area contributed by atoms with Crippen molar-refractivity contribution in [1.29, 1.82) is 0 Å². The van der Waals surface area contributed by atoms with Crippen LogP contribution in [0.4, 0.5) is 0 Å². The van der Waals surface area contributed by atoms with E-state index in [2.05, 4.69) is 92.5 Å². The van der Waals surface area contributed by atoms with Gasteiger partial charge in [0.25, 0.3) is 0 Å². The number of aliphatic hydroxyl groups excluding tert-OH is 1. The molecule has 21 heteroatoms. The number of esters is 5. The number of carbonyl (C=O) groups is 5. The molecule has 0 saturated carbocycles. The number of methoxy groups -OCH3 is 3. The predicted molar refractivity (Wildman–Crippen MR) is 377 cm³/mol. The van der Waals surface area contributed by atoms with E-state index in [9.17, 15) is 34.2 Å². The normalized spacial score (nSPS) is 14.3. The van der Waals surface area contributed by atoms with Crippen LogP contribution in [0.15, 0.2) is 146 Å². The van der Waals surface area contributed by atoms with Crippen molar-refractivity contribution < 1.29 is 96.1 Å². The molecule has 0 aliphatic carbocycles. The molecule has 6 aromatic carbocycles. The molecule has 0 unspecified atom stereocenters. The lowest BCUT2D eigenvalue weighted by Crippen LogP contribution is -2.46. The average molecular weight is 1430 g/mol. The lowest BCUT2D eigenvalue weighted by molar-refractivity contribution is -0.172. The molecule has 20 nitrogen and oxygen atoms in total. The predicted octanol–water partition coefficient (Wildman–Crippen LogP) is 12.8. The lowest BCUT2D eigenvalue weighted by atomic mass is 9.78. The molecule has 3 fully saturated rings. The van der Waals surface area contributed by atoms with Gasteiger partial charge in [-0.1, -0.05) is 158 Å². The van der Waals surface area contributed by atoms with E-state index in [0.717, 1.165) is 65.9 Å². The number of ether oxygens (including phenoxy) is 12. The second-order valence-electron chi connectivity index (χ2n) is 25.6. The van der Waals surface area contributed by atoms with Crippen LogP contribution in [0.25, 0.3) is 0 Å². The van der Waals surface area contributed by atoms with Crippen LogP contribution in [0.3, 0.4) is 0 Å². The molecule has 98 heavy (non-hydrogen) atoms. The summed E-state index contributed by atoms with van der Waals surface area (Å²) in [5, 5.41) is 27.6. The largest absolute Gasteiger partial charge is 0.508 e. The summed E-state index contributed by atoms with van der Waals surface area (Å²) < 4.78 is 61.6. The Morgan fingerprint density at radius 1 is 0.388 bits per heavy atom. The number of benzene rings is 6. The molecule has 3 N–H and O–H groups in total. The van der Waals surface area contributed by atoms with Crippen molar-refractivity contribution in [3.8, 4) is 34.5 Å². The van der Waals surface area contributed by atoms with Crippen LogP contribution in [-0.4, -0.2) is 158 Å². The van der Waals surface area contributed by atoms with Crippen molar-refractivity contribution in [3.05, 3.63) is 179 Å². The summed E-state index contributed by atoms with van der Waals surface area (Å²) in [6, 6.07) is 45.0.